The molecule has 4 nitrogen and oxygen atoms in total. The molecule has 1 aliphatic carbocycles. The SMILES string of the molecule is COc1cccc(C(=O)Nc2cccc(OC3CCCC3)c2)c1. The predicted octanol–water partition coefficient (Wildman–Crippen LogP) is 4.27. The molecule has 0 radical (unpaired) electrons. The van der Waals surface area contributed by atoms with Crippen LogP contribution in [-0.2, 0) is 0 Å². The summed E-state index contributed by atoms with van der Waals surface area (Å²) in [7, 11) is 1.58. The molecule has 0 atom stereocenters. The van der Waals surface area contributed by atoms with Crippen LogP contribution in [0, 0.1) is 0 Å². The van der Waals surface area contributed by atoms with E-state index in [0.29, 0.717) is 17.4 Å². The number of carbonyl (C=O) groups is 1. The van der Waals surface area contributed by atoms with Crippen molar-refractivity contribution >= 4 is 11.6 Å². The molecular formula is C19H21NO3. The molecule has 0 saturated heterocycles. The molecule has 1 amide bonds. The van der Waals surface area contributed by atoms with Crippen molar-refractivity contribution in [2.75, 3.05) is 12.4 Å². The highest BCUT2D eigenvalue weighted by Gasteiger charge is 2.16. The molecule has 1 aliphatic rings. The number of benzene rings is 2. The highest BCUT2D eigenvalue weighted by Crippen LogP contribution is 2.26. The van der Waals surface area contributed by atoms with Crippen LogP contribution >= 0.6 is 0 Å². The number of amides is 1. The van der Waals surface area contributed by atoms with E-state index < -0.39 is 0 Å². The lowest BCUT2D eigenvalue weighted by Crippen LogP contribution is -2.13. The molecule has 0 bridgehead atoms. The number of hydrogen-bond acceptors (Lipinski definition) is 3. The Balaban J connectivity index is 1.68. The second kappa shape index (κ2) is 7.18. The summed E-state index contributed by atoms with van der Waals surface area (Å²) in [5.74, 6) is 1.30. The van der Waals surface area contributed by atoms with Crippen LogP contribution in [0.1, 0.15) is 36.0 Å². The number of ether oxygens (including phenoxy) is 2. The highest BCUT2D eigenvalue weighted by molar-refractivity contribution is 6.04. The van der Waals surface area contributed by atoms with Gasteiger partial charge in [0.25, 0.3) is 5.91 Å². The molecule has 2 aromatic carbocycles. The van der Waals surface area contributed by atoms with Crippen molar-refractivity contribution in [3.05, 3.63) is 54.1 Å². The Morgan fingerprint density at radius 3 is 2.57 bits per heavy atom. The number of anilines is 1. The summed E-state index contributed by atoms with van der Waals surface area (Å²) in [5, 5.41) is 2.90. The maximum absolute atomic E-state index is 12.3. The molecular weight excluding hydrogens is 290 g/mol. The molecule has 2 aromatic rings. The van der Waals surface area contributed by atoms with Gasteiger partial charge in [0, 0.05) is 17.3 Å². The van der Waals surface area contributed by atoms with Crippen LogP contribution in [0.15, 0.2) is 48.5 Å². The van der Waals surface area contributed by atoms with E-state index in [1.54, 1.807) is 25.3 Å². The number of rotatable bonds is 5. The van der Waals surface area contributed by atoms with E-state index >= 15 is 0 Å². The van der Waals surface area contributed by atoms with Gasteiger partial charge in [-0.25, -0.2) is 0 Å². The van der Waals surface area contributed by atoms with Gasteiger partial charge in [-0.2, -0.15) is 0 Å². The zero-order valence-corrected chi connectivity index (χ0v) is 13.2. The highest BCUT2D eigenvalue weighted by atomic mass is 16.5. The van der Waals surface area contributed by atoms with Crippen molar-refractivity contribution < 1.29 is 14.3 Å². The molecule has 1 fully saturated rings. The van der Waals surface area contributed by atoms with Crippen molar-refractivity contribution in [1.29, 1.82) is 0 Å². The minimum absolute atomic E-state index is 0.165. The Kier molecular flexibility index (Phi) is 4.81. The number of nitrogens with one attached hydrogen (secondary N) is 1. The van der Waals surface area contributed by atoms with Gasteiger partial charge in [0.1, 0.15) is 11.5 Å². The largest absolute Gasteiger partial charge is 0.497 e. The first kappa shape index (κ1) is 15.4. The Hall–Kier alpha value is -2.49. The van der Waals surface area contributed by atoms with Gasteiger partial charge in [-0.3, -0.25) is 4.79 Å². The monoisotopic (exact) mass is 311 g/mol. The van der Waals surface area contributed by atoms with Crippen molar-refractivity contribution in [3.63, 3.8) is 0 Å². The normalized spacial score (nSPS) is 14.5. The van der Waals surface area contributed by atoms with Crippen LogP contribution in [0.2, 0.25) is 0 Å². The Labute approximate surface area is 136 Å². The fourth-order valence-corrected chi connectivity index (χ4v) is 2.81. The molecule has 0 aliphatic heterocycles. The third-order valence-corrected chi connectivity index (χ3v) is 4.03. The van der Waals surface area contributed by atoms with E-state index in [4.69, 9.17) is 9.47 Å². The van der Waals surface area contributed by atoms with Crippen LogP contribution < -0.4 is 14.8 Å². The van der Waals surface area contributed by atoms with E-state index in [1.807, 2.05) is 30.3 Å². The van der Waals surface area contributed by atoms with Gasteiger partial charge >= 0.3 is 0 Å². The lowest BCUT2D eigenvalue weighted by Gasteiger charge is -2.14. The van der Waals surface area contributed by atoms with Crippen LogP contribution in [0.4, 0.5) is 5.69 Å². The molecule has 23 heavy (non-hydrogen) atoms. The minimum Gasteiger partial charge on any atom is -0.497 e. The fourth-order valence-electron chi connectivity index (χ4n) is 2.81. The molecule has 0 spiro atoms. The Morgan fingerprint density at radius 1 is 1.04 bits per heavy atom. The lowest BCUT2D eigenvalue weighted by atomic mass is 10.2. The quantitative estimate of drug-likeness (QED) is 0.897. The molecule has 1 saturated carbocycles. The van der Waals surface area contributed by atoms with Crippen molar-refractivity contribution in [1.82, 2.24) is 0 Å². The minimum atomic E-state index is -0.165. The first-order valence-electron chi connectivity index (χ1n) is 7.97. The first-order valence-corrected chi connectivity index (χ1v) is 7.97. The van der Waals surface area contributed by atoms with Gasteiger partial charge in [-0.05, 0) is 56.0 Å². The molecule has 0 unspecified atom stereocenters. The van der Waals surface area contributed by atoms with E-state index in [0.717, 1.165) is 24.3 Å². The van der Waals surface area contributed by atoms with E-state index in [-0.39, 0.29) is 5.91 Å². The van der Waals surface area contributed by atoms with Crippen LogP contribution in [0.3, 0.4) is 0 Å². The van der Waals surface area contributed by atoms with Crippen molar-refractivity contribution in [3.8, 4) is 11.5 Å². The molecule has 4 heteroatoms. The third kappa shape index (κ3) is 4.03. The summed E-state index contributed by atoms with van der Waals surface area (Å²) >= 11 is 0. The number of hydrogen-bond donors (Lipinski definition) is 1. The van der Waals surface area contributed by atoms with Crippen LogP contribution in [-0.4, -0.2) is 19.1 Å². The third-order valence-electron chi connectivity index (χ3n) is 4.03. The van der Waals surface area contributed by atoms with Crippen molar-refractivity contribution in [2.45, 2.75) is 31.8 Å². The zero-order chi connectivity index (χ0) is 16.1. The standard InChI is InChI=1S/C19H21NO3/c1-22-17-10-4-6-14(12-17)19(21)20-15-7-5-11-18(13-15)23-16-8-2-3-9-16/h4-7,10-13,16H,2-3,8-9H2,1H3,(H,20,21). The van der Waals surface area contributed by atoms with Gasteiger partial charge in [-0.15, -0.1) is 0 Å². The average molecular weight is 311 g/mol. The van der Waals surface area contributed by atoms with Crippen LogP contribution in [0.25, 0.3) is 0 Å². The summed E-state index contributed by atoms with van der Waals surface area (Å²) in [6.45, 7) is 0. The topological polar surface area (TPSA) is 47.6 Å². The summed E-state index contributed by atoms with van der Waals surface area (Å²) in [4.78, 5) is 12.3. The maximum atomic E-state index is 12.3. The summed E-state index contributed by atoms with van der Waals surface area (Å²) < 4.78 is 11.1. The molecule has 0 aromatic heterocycles. The Morgan fingerprint density at radius 2 is 1.78 bits per heavy atom. The fraction of sp³-hybridized carbons (Fsp3) is 0.316. The average Bonchev–Trinajstić information content (AvgIpc) is 3.08. The summed E-state index contributed by atoms with van der Waals surface area (Å²) in [6, 6.07) is 14.6. The molecule has 0 heterocycles. The second-order valence-electron chi connectivity index (χ2n) is 5.74. The van der Waals surface area contributed by atoms with E-state index in [2.05, 4.69) is 5.32 Å². The molecule has 120 valence electrons. The van der Waals surface area contributed by atoms with Gasteiger partial charge in [0.2, 0.25) is 0 Å². The van der Waals surface area contributed by atoms with Gasteiger partial charge in [0.15, 0.2) is 0 Å². The van der Waals surface area contributed by atoms with Gasteiger partial charge in [0.05, 0.1) is 13.2 Å². The number of carbonyl (C=O) groups excluding carboxylic acids is 1. The lowest BCUT2D eigenvalue weighted by molar-refractivity contribution is 0.102. The second-order valence-corrected chi connectivity index (χ2v) is 5.74. The molecule has 3 rings (SSSR count). The van der Waals surface area contributed by atoms with E-state index in [9.17, 15) is 4.79 Å². The summed E-state index contributed by atoms with van der Waals surface area (Å²) in [5.41, 5.74) is 1.29. The van der Waals surface area contributed by atoms with E-state index in [1.165, 1.54) is 12.8 Å². The zero-order valence-electron chi connectivity index (χ0n) is 13.2. The maximum Gasteiger partial charge on any atom is 0.255 e. The Bertz CT molecular complexity index is 678. The predicted molar refractivity (Wildman–Crippen MR) is 90.3 cm³/mol. The smallest absolute Gasteiger partial charge is 0.255 e. The first-order chi connectivity index (χ1) is 11.2. The number of methoxy groups -OCH3 is 1. The van der Waals surface area contributed by atoms with Crippen LogP contribution in [0.5, 0.6) is 11.5 Å². The molecule has 1 N–H and O–H groups in total. The van der Waals surface area contributed by atoms with Crippen molar-refractivity contribution in [2.24, 2.45) is 0 Å². The van der Waals surface area contributed by atoms with Gasteiger partial charge in [-0.1, -0.05) is 12.1 Å². The van der Waals surface area contributed by atoms with Gasteiger partial charge < -0.3 is 14.8 Å². The summed E-state index contributed by atoms with van der Waals surface area (Å²) in [6.07, 6.45) is 4.99.